The smallest absolute Gasteiger partial charge is 0.179 e. The van der Waals surface area contributed by atoms with Crippen LogP contribution in [0.5, 0.6) is 0 Å². The summed E-state index contributed by atoms with van der Waals surface area (Å²) in [5.41, 5.74) is 3.96. The second-order valence-corrected chi connectivity index (χ2v) is 6.28. The molecule has 0 bridgehead atoms. The third-order valence-electron chi connectivity index (χ3n) is 3.72. The topological polar surface area (TPSA) is 21.3 Å². The van der Waals surface area contributed by atoms with Crippen LogP contribution >= 0.6 is 15.9 Å². The highest BCUT2D eigenvalue weighted by molar-refractivity contribution is 9.10. The molecule has 0 radical (unpaired) electrons. The highest BCUT2D eigenvalue weighted by Crippen LogP contribution is 2.26. The van der Waals surface area contributed by atoms with Crippen LogP contribution in [0.2, 0.25) is 0 Å². The average molecular weight is 344 g/mol. The van der Waals surface area contributed by atoms with Gasteiger partial charge >= 0.3 is 0 Å². The second kappa shape index (κ2) is 6.35. The number of hydrogen-bond acceptors (Lipinski definition) is 2. The number of fused-ring (bicyclic) bond motifs is 1. The van der Waals surface area contributed by atoms with Crippen molar-refractivity contribution in [1.82, 2.24) is 5.32 Å². The van der Waals surface area contributed by atoms with E-state index >= 15 is 0 Å². The Morgan fingerprint density at radius 1 is 1.14 bits per heavy atom. The highest BCUT2D eigenvalue weighted by atomic mass is 79.9. The summed E-state index contributed by atoms with van der Waals surface area (Å²) < 4.78 is 6.84. The number of halogens is 1. The zero-order chi connectivity index (χ0) is 14.7. The molecular weight excluding hydrogens is 326 g/mol. The summed E-state index contributed by atoms with van der Waals surface area (Å²) in [7, 11) is 0. The fourth-order valence-electron chi connectivity index (χ4n) is 2.70. The van der Waals surface area contributed by atoms with Crippen LogP contribution in [0.25, 0.3) is 0 Å². The maximum atomic E-state index is 5.70. The molecular formula is C18H18BrNO. The van der Waals surface area contributed by atoms with E-state index < -0.39 is 0 Å². The molecule has 2 aromatic rings. The monoisotopic (exact) mass is 343 g/mol. The van der Waals surface area contributed by atoms with Gasteiger partial charge in [-0.2, -0.15) is 0 Å². The Labute approximate surface area is 134 Å². The molecule has 3 heteroatoms. The van der Waals surface area contributed by atoms with Crippen LogP contribution in [0.4, 0.5) is 0 Å². The van der Waals surface area contributed by atoms with Gasteiger partial charge in [-0.15, -0.1) is 0 Å². The lowest BCUT2D eigenvalue weighted by Gasteiger charge is -2.16. The molecule has 0 saturated heterocycles. The minimum absolute atomic E-state index is 0.373. The van der Waals surface area contributed by atoms with Crippen molar-refractivity contribution < 1.29 is 4.74 Å². The fraction of sp³-hybridized carbons (Fsp3) is 0.222. The Morgan fingerprint density at radius 3 is 2.71 bits per heavy atom. The Balaban J connectivity index is 1.51. The van der Waals surface area contributed by atoms with Crippen molar-refractivity contribution in [2.75, 3.05) is 0 Å². The Morgan fingerprint density at radius 2 is 1.90 bits per heavy atom. The molecule has 0 spiro atoms. The van der Waals surface area contributed by atoms with E-state index in [1.165, 1.54) is 11.1 Å². The van der Waals surface area contributed by atoms with Gasteiger partial charge in [0.15, 0.2) is 5.88 Å². The van der Waals surface area contributed by atoms with Gasteiger partial charge in [-0.05, 0) is 48.2 Å². The van der Waals surface area contributed by atoms with Gasteiger partial charge < -0.3 is 10.1 Å². The molecule has 2 nitrogen and oxygen atoms in total. The molecule has 21 heavy (non-hydrogen) atoms. The lowest BCUT2D eigenvalue weighted by molar-refractivity contribution is 0.172. The lowest BCUT2D eigenvalue weighted by Crippen LogP contribution is -2.29. The van der Waals surface area contributed by atoms with Crippen molar-refractivity contribution in [1.29, 1.82) is 0 Å². The predicted octanol–water partition coefficient (Wildman–Crippen LogP) is 4.19. The van der Waals surface area contributed by atoms with Crippen LogP contribution in [0.15, 0.2) is 65.5 Å². The summed E-state index contributed by atoms with van der Waals surface area (Å²) in [4.78, 5) is 0. The SMILES string of the molecule is C=C(N[C@H]1Cc2ccc(Br)cc2C1)OCc1ccccc1. The van der Waals surface area contributed by atoms with Gasteiger partial charge in [-0.25, -0.2) is 0 Å². The lowest BCUT2D eigenvalue weighted by atomic mass is 10.1. The first-order chi connectivity index (χ1) is 10.2. The number of ether oxygens (including phenoxy) is 1. The standard InChI is InChI=1S/C18H18BrNO/c1-13(21-12-14-5-3-2-4-6-14)20-18-10-15-7-8-17(19)9-16(15)11-18/h2-9,18,20H,1,10-12H2/t18-/m0/s1. The molecule has 0 fully saturated rings. The van der Waals surface area contributed by atoms with Gasteiger partial charge in [0, 0.05) is 10.5 Å². The van der Waals surface area contributed by atoms with Crippen molar-refractivity contribution >= 4 is 15.9 Å². The van der Waals surface area contributed by atoms with Crippen LogP contribution in [0, 0.1) is 0 Å². The molecule has 1 atom stereocenters. The molecule has 0 aromatic heterocycles. The molecule has 3 rings (SSSR count). The highest BCUT2D eigenvalue weighted by Gasteiger charge is 2.21. The van der Waals surface area contributed by atoms with Crippen molar-refractivity contribution in [2.45, 2.75) is 25.5 Å². The molecule has 0 heterocycles. The van der Waals surface area contributed by atoms with E-state index in [1.807, 2.05) is 18.2 Å². The molecule has 0 unspecified atom stereocenters. The van der Waals surface area contributed by atoms with Crippen molar-refractivity contribution in [2.24, 2.45) is 0 Å². The first-order valence-electron chi connectivity index (χ1n) is 7.10. The van der Waals surface area contributed by atoms with E-state index in [0.717, 1.165) is 22.9 Å². The van der Waals surface area contributed by atoms with E-state index in [4.69, 9.17) is 4.74 Å². The van der Waals surface area contributed by atoms with Gasteiger partial charge in [0.1, 0.15) is 6.61 Å². The van der Waals surface area contributed by atoms with Gasteiger partial charge in [0.05, 0.1) is 0 Å². The maximum Gasteiger partial charge on any atom is 0.179 e. The second-order valence-electron chi connectivity index (χ2n) is 5.36. The summed E-state index contributed by atoms with van der Waals surface area (Å²) in [5.74, 6) is 0.649. The summed E-state index contributed by atoms with van der Waals surface area (Å²) in [6.07, 6.45) is 2.04. The van der Waals surface area contributed by atoms with Crippen molar-refractivity contribution in [3.8, 4) is 0 Å². The minimum atomic E-state index is 0.373. The first kappa shape index (κ1) is 14.2. The average Bonchev–Trinajstić information content (AvgIpc) is 2.87. The van der Waals surface area contributed by atoms with Gasteiger partial charge in [0.2, 0.25) is 0 Å². The zero-order valence-corrected chi connectivity index (χ0v) is 13.4. The Kier molecular flexibility index (Phi) is 4.30. The van der Waals surface area contributed by atoms with Crippen LogP contribution in [-0.2, 0) is 24.2 Å². The van der Waals surface area contributed by atoms with E-state index in [-0.39, 0.29) is 0 Å². The number of hydrogen-bond donors (Lipinski definition) is 1. The van der Waals surface area contributed by atoms with Gasteiger partial charge in [-0.1, -0.05) is 52.3 Å². The van der Waals surface area contributed by atoms with Crippen molar-refractivity contribution in [3.05, 3.63) is 82.2 Å². The third-order valence-corrected chi connectivity index (χ3v) is 4.22. The normalized spacial score (nSPS) is 16.3. The third kappa shape index (κ3) is 3.67. The van der Waals surface area contributed by atoms with Crippen LogP contribution < -0.4 is 5.32 Å². The maximum absolute atomic E-state index is 5.70. The van der Waals surface area contributed by atoms with Gasteiger partial charge in [-0.3, -0.25) is 0 Å². The first-order valence-corrected chi connectivity index (χ1v) is 7.89. The molecule has 108 valence electrons. The van der Waals surface area contributed by atoms with Crippen LogP contribution in [0.1, 0.15) is 16.7 Å². The van der Waals surface area contributed by atoms with E-state index in [9.17, 15) is 0 Å². The summed E-state index contributed by atoms with van der Waals surface area (Å²) in [6, 6.07) is 17.0. The molecule has 1 aliphatic carbocycles. The molecule has 1 N–H and O–H groups in total. The summed E-state index contributed by atoms with van der Waals surface area (Å²) >= 11 is 3.52. The largest absolute Gasteiger partial charge is 0.475 e. The zero-order valence-electron chi connectivity index (χ0n) is 11.8. The van der Waals surface area contributed by atoms with Gasteiger partial charge in [0.25, 0.3) is 0 Å². The van der Waals surface area contributed by atoms with E-state index in [0.29, 0.717) is 18.5 Å². The minimum Gasteiger partial charge on any atom is -0.475 e. The molecule has 0 aliphatic heterocycles. The molecule has 0 saturated carbocycles. The number of benzene rings is 2. The van der Waals surface area contributed by atoms with Crippen molar-refractivity contribution in [3.63, 3.8) is 0 Å². The van der Waals surface area contributed by atoms with E-state index in [1.54, 1.807) is 0 Å². The fourth-order valence-corrected chi connectivity index (χ4v) is 3.11. The molecule has 0 amide bonds. The summed E-state index contributed by atoms with van der Waals surface area (Å²) in [6.45, 7) is 4.52. The number of rotatable bonds is 5. The van der Waals surface area contributed by atoms with E-state index in [2.05, 4.69) is 58.2 Å². The predicted molar refractivity (Wildman–Crippen MR) is 88.8 cm³/mol. The van der Waals surface area contributed by atoms with Crippen LogP contribution in [0.3, 0.4) is 0 Å². The Hall–Kier alpha value is -1.74. The quantitative estimate of drug-likeness (QED) is 0.821. The molecule has 1 aliphatic rings. The summed E-state index contributed by atoms with van der Waals surface area (Å²) in [5, 5.41) is 3.38. The molecule has 2 aromatic carbocycles. The Bertz CT molecular complexity index is 639. The van der Waals surface area contributed by atoms with Crippen LogP contribution in [-0.4, -0.2) is 6.04 Å². The number of nitrogens with one attached hydrogen (secondary N) is 1.